The van der Waals surface area contributed by atoms with E-state index in [2.05, 4.69) is 16.0 Å². The van der Waals surface area contributed by atoms with E-state index in [9.17, 15) is 9.18 Å². The van der Waals surface area contributed by atoms with Gasteiger partial charge in [0.05, 0.1) is 9.58 Å². The first kappa shape index (κ1) is 26.1. The summed E-state index contributed by atoms with van der Waals surface area (Å²) < 4.78 is 14.3. The van der Waals surface area contributed by atoms with Gasteiger partial charge in [0.25, 0.3) is 5.91 Å². The summed E-state index contributed by atoms with van der Waals surface area (Å²) in [6.45, 7) is 3.65. The summed E-state index contributed by atoms with van der Waals surface area (Å²) in [5, 5.41) is 10.8. The molecule has 0 radical (unpaired) electrons. The molecule has 1 aromatic carbocycles. The van der Waals surface area contributed by atoms with Crippen LogP contribution in [0, 0.1) is 5.82 Å². The van der Waals surface area contributed by atoms with Gasteiger partial charge in [0.1, 0.15) is 5.82 Å². The second-order valence-corrected chi connectivity index (χ2v) is 8.32. The Bertz CT molecular complexity index is 738. The van der Waals surface area contributed by atoms with Gasteiger partial charge in [0.15, 0.2) is 0 Å². The zero-order chi connectivity index (χ0) is 18.9. The van der Waals surface area contributed by atoms with Crippen molar-refractivity contribution in [1.29, 1.82) is 0 Å². The number of carbonyl (C=O) groups is 1. The Morgan fingerprint density at radius 3 is 2.55 bits per heavy atom. The Labute approximate surface area is 189 Å². The molecule has 1 heterocycles. The molecule has 3 rings (SSSR count). The topological polar surface area (TPSA) is 53.2 Å². The second-order valence-electron chi connectivity index (χ2n) is 7.27. The summed E-state index contributed by atoms with van der Waals surface area (Å²) in [6, 6.07) is 7.42. The van der Waals surface area contributed by atoms with Gasteiger partial charge in [-0.15, -0.1) is 36.2 Å². The molecule has 1 aliphatic carbocycles. The highest BCUT2D eigenvalue weighted by Crippen LogP contribution is 2.27. The number of halogens is 3. The summed E-state index contributed by atoms with van der Waals surface area (Å²) in [5.74, 6) is -0.374. The number of carbonyl (C=O) groups excluding carboxylic acids is 1. The summed E-state index contributed by atoms with van der Waals surface area (Å²) in [5.41, 5.74) is 0. The molecule has 4 nitrogen and oxygen atoms in total. The lowest BCUT2D eigenvalue weighted by molar-refractivity contribution is 0.0957. The van der Waals surface area contributed by atoms with Crippen molar-refractivity contribution in [2.45, 2.75) is 51.0 Å². The Morgan fingerprint density at radius 2 is 1.79 bits per heavy atom. The zero-order valence-corrected chi connectivity index (χ0v) is 19.1. The predicted octanol–water partition coefficient (Wildman–Crippen LogP) is 4.91. The molecule has 0 atom stereocenters. The van der Waals surface area contributed by atoms with Crippen LogP contribution in [0.25, 0.3) is 10.1 Å². The average molecular weight is 464 g/mol. The number of unbranched alkanes of at least 4 members (excludes halogenated alkanes) is 1. The average Bonchev–Trinajstić information content (AvgIpc) is 3.13. The van der Waals surface area contributed by atoms with Gasteiger partial charge in [-0.2, -0.15) is 0 Å². The Kier molecular flexibility index (Phi) is 12.7. The smallest absolute Gasteiger partial charge is 0.261 e. The van der Waals surface area contributed by atoms with E-state index in [1.54, 1.807) is 12.1 Å². The lowest BCUT2D eigenvalue weighted by Crippen LogP contribution is -2.36. The van der Waals surface area contributed by atoms with Crippen molar-refractivity contribution in [1.82, 2.24) is 16.0 Å². The maximum atomic E-state index is 13.7. The molecule has 3 N–H and O–H groups in total. The number of fused-ring (bicyclic) bond motifs is 1. The summed E-state index contributed by atoms with van der Waals surface area (Å²) in [6.07, 6.45) is 8.75. The second kappa shape index (κ2) is 14.1. The fourth-order valence-electron chi connectivity index (χ4n) is 3.60. The van der Waals surface area contributed by atoms with E-state index in [0.717, 1.165) is 43.9 Å². The van der Waals surface area contributed by atoms with E-state index in [0.29, 0.717) is 16.1 Å². The number of thiophene rings is 1. The van der Waals surface area contributed by atoms with Crippen molar-refractivity contribution >= 4 is 52.1 Å². The van der Waals surface area contributed by atoms with E-state index in [1.165, 1.54) is 49.5 Å². The first-order valence-corrected chi connectivity index (χ1v) is 11.0. The van der Waals surface area contributed by atoms with Crippen LogP contribution < -0.4 is 16.0 Å². The molecule has 2 aromatic rings. The highest BCUT2D eigenvalue weighted by Gasteiger charge is 2.12. The molecule has 1 saturated carbocycles. The number of amides is 1. The van der Waals surface area contributed by atoms with Gasteiger partial charge in [0, 0.05) is 25.7 Å². The van der Waals surface area contributed by atoms with E-state index < -0.39 is 0 Å². The van der Waals surface area contributed by atoms with Crippen LogP contribution in [0.15, 0.2) is 24.3 Å². The summed E-state index contributed by atoms with van der Waals surface area (Å²) in [7, 11) is 0. The highest BCUT2D eigenvalue weighted by molar-refractivity contribution is 7.20. The quantitative estimate of drug-likeness (QED) is 0.438. The Balaban J connectivity index is 0.00000210. The van der Waals surface area contributed by atoms with Crippen molar-refractivity contribution in [3.05, 3.63) is 35.0 Å². The molecule has 8 heteroatoms. The van der Waals surface area contributed by atoms with Gasteiger partial charge in [-0.1, -0.05) is 31.4 Å². The van der Waals surface area contributed by atoms with Crippen LogP contribution in [-0.4, -0.2) is 38.1 Å². The van der Waals surface area contributed by atoms with Crippen LogP contribution in [0.5, 0.6) is 0 Å². The molecule has 1 fully saturated rings. The first-order chi connectivity index (χ1) is 13.2. The van der Waals surface area contributed by atoms with Gasteiger partial charge < -0.3 is 16.0 Å². The van der Waals surface area contributed by atoms with Crippen LogP contribution in [0.2, 0.25) is 0 Å². The van der Waals surface area contributed by atoms with Crippen LogP contribution in [0.4, 0.5) is 4.39 Å². The minimum Gasteiger partial charge on any atom is -0.351 e. The molecule has 29 heavy (non-hydrogen) atoms. The zero-order valence-electron chi connectivity index (χ0n) is 16.7. The van der Waals surface area contributed by atoms with Crippen molar-refractivity contribution in [3.63, 3.8) is 0 Å². The van der Waals surface area contributed by atoms with E-state index in [4.69, 9.17) is 0 Å². The Morgan fingerprint density at radius 1 is 1.03 bits per heavy atom. The highest BCUT2D eigenvalue weighted by atomic mass is 35.5. The van der Waals surface area contributed by atoms with Crippen molar-refractivity contribution in [2.24, 2.45) is 0 Å². The number of hydrogen-bond acceptors (Lipinski definition) is 4. The van der Waals surface area contributed by atoms with Crippen LogP contribution in [0.1, 0.15) is 54.6 Å². The van der Waals surface area contributed by atoms with Gasteiger partial charge in [0.2, 0.25) is 0 Å². The molecule has 1 aromatic heterocycles. The first-order valence-electron chi connectivity index (χ1n) is 10.1. The third-order valence-electron chi connectivity index (χ3n) is 5.13. The van der Waals surface area contributed by atoms with Gasteiger partial charge in [-0.3, -0.25) is 4.79 Å². The molecule has 1 aliphatic rings. The van der Waals surface area contributed by atoms with Crippen molar-refractivity contribution < 1.29 is 9.18 Å². The fraction of sp³-hybridized carbons (Fsp3) is 0.571. The minimum atomic E-state index is -0.263. The fourth-order valence-corrected chi connectivity index (χ4v) is 4.58. The van der Waals surface area contributed by atoms with E-state index >= 15 is 0 Å². The van der Waals surface area contributed by atoms with Crippen molar-refractivity contribution in [2.75, 3.05) is 26.2 Å². The van der Waals surface area contributed by atoms with Gasteiger partial charge >= 0.3 is 0 Å². The van der Waals surface area contributed by atoms with Crippen molar-refractivity contribution in [3.8, 4) is 0 Å². The number of nitrogens with one attached hydrogen (secondary N) is 3. The summed E-state index contributed by atoms with van der Waals surface area (Å²) >= 11 is 1.21. The maximum absolute atomic E-state index is 13.7. The largest absolute Gasteiger partial charge is 0.351 e. The van der Waals surface area contributed by atoms with Gasteiger partial charge in [-0.05, 0) is 49.7 Å². The van der Waals surface area contributed by atoms with Crippen LogP contribution in [-0.2, 0) is 0 Å². The molecule has 0 aliphatic heterocycles. The maximum Gasteiger partial charge on any atom is 0.261 e. The minimum absolute atomic E-state index is 0. The van der Waals surface area contributed by atoms with Gasteiger partial charge in [-0.25, -0.2) is 4.39 Å². The monoisotopic (exact) mass is 463 g/mol. The molecular formula is C21H32Cl2FN3OS. The molecule has 0 bridgehead atoms. The molecular weight excluding hydrogens is 432 g/mol. The van der Waals surface area contributed by atoms with Crippen LogP contribution >= 0.6 is 36.2 Å². The lowest BCUT2D eigenvalue weighted by Gasteiger charge is -2.22. The molecule has 1 amide bonds. The number of rotatable bonds is 10. The SMILES string of the molecule is Cl.Cl.O=C(NCCCCNCCNC1CCCCC1)c1cc2cccc(F)c2s1. The number of hydrogen-bond donors (Lipinski definition) is 3. The molecule has 0 saturated heterocycles. The van der Waals surface area contributed by atoms with E-state index in [-0.39, 0.29) is 36.5 Å². The molecule has 164 valence electrons. The molecule has 0 spiro atoms. The summed E-state index contributed by atoms with van der Waals surface area (Å²) in [4.78, 5) is 12.8. The standard InChI is InChI=1S/C21H30FN3OS.2ClH/c22-18-10-6-7-16-15-19(27-20(16)18)21(26)25-12-5-4-11-23-13-14-24-17-8-2-1-3-9-17;;/h6-7,10,15,17,23-24H,1-5,8-9,11-14H2,(H,25,26);2*1H. The third-order valence-corrected chi connectivity index (χ3v) is 6.28. The predicted molar refractivity (Wildman–Crippen MR) is 126 cm³/mol. The molecule has 0 unspecified atom stereocenters. The van der Waals surface area contributed by atoms with Crippen LogP contribution in [0.3, 0.4) is 0 Å². The third kappa shape index (κ3) is 8.38. The Hall–Kier alpha value is -0.920. The lowest BCUT2D eigenvalue weighted by atomic mass is 9.95. The normalized spacial score (nSPS) is 14.2. The number of benzene rings is 1. The van der Waals surface area contributed by atoms with E-state index in [1.807, 2.05) is 6.07 Å².